The number of piperazine rings is 1. The number of amides is 1. The molecule has 0 aliphatic carbocycles. The molecule has 1 N–H and O–H groups in total. The summed E-state index contributed by atoms with van der Waals surface area (Å²) in [5.74, 6) is 0.737. The summed E-state index contributed by atoms with van der Waals surface area (Å²) in [5, 5.41) is 2.60. The molecule has 2 heterocycles. The number of para-hydroxylation sites is 1. The lowest BCUT2D eigenvalue weighted by Gasteiger charge is -2.33. The van der Waals surface area contributed by atoms with Crippen molar-refractivity contribution in [2.45, 2.75) is 6.92 Å². The van der Waals surface area contributed by atoms with E-state index >= 15 is 0 Å². The number of benzene rings is 1. The normalized spacial score (nSPS) is 15.1. The molecule has 0 spiro atoms. The Kier molecular flexibility index (Phi) is 6.99. The number of nitrogens with zero attached hydrogens (tertiary/aromatic N) is 4. The van der Waals surface area contributed by atoms with Crippen LogP contribution in [0.1, 0.15) is 5.56 Å². The molecule has 1 aliphatic heterocycles. The fraction of sp³-hybridized carbons (Fsp3) is 0.421. The molecule has 0 bridgehead atoms. The van der Waals surface area contributed by atoms with E-state index in [0.717, 1.165) is 5.56 Å². The third-order valence-electron chi connectivity index (χ3n) is 4.60. The average Bonchev–Trinajstić information content (AvgIpc) is 2.74. The maximum Gasteiger partial charge on any atom is 0.257 e. The number of aromatic nitrogens is 2. The molecule has 1 fully saturated rings. The van der Waals surface area contributed by atoms with Crippen molar-refractivity contribution >= 4 is 21.9 Å². The zero-order valence-corrected chi connectivity index (χ0v) is 17.1. The highest BCUT2D eigenvalue weighted by Gasteiger charge is 2.27. The van der Waals surface area contributed by atoms with Gasteiger partial charge in [0, 0.05) is 45.1 Å². The minimum Gasteiger partial charge on any atom is -0.484 e. The highest BCUT2D eigenvalue weighted by atomic mass is 32.2. The molecule has 0 unspecified atom stereocenters. The Balaban J connectivity index is 1.40. The molecule has 3 rings (SSSR count). The molecule has 156 valence electrons. The van der Waals surface area contributed by atoms with Crippen LogP contribution in [0.3, 0.4) is 0 Å². The third kappa shape index (κ3) is 5.88. The van der Waals surface area contributed by atoms with E-state index in [0.29, 0.717) is 37.9 Å². The predicted molar refractivity (Wildman–Crippen MR) is 109 cm³/mol. The van der Waals surface area contributed by atoms with Crippen LogP contribution in [0.2, 0.25) is 0 Å². The van der Waals surface area contributed by atoms with Gasteiger partial charge in [-0.2, -0.15) is 4.31 Å². The highest BCUT2D eigenvalue weighted by Crippen LogP contribution is 2.16. The molecule has 1 saturated heterocycles. The van der Waals surface area contributed by atoms with Gasteiger partial charge >= 0.3 is 0 Å². The summed E-state index contributed by atoms with van der Waals surface area (Å²) in [5.41, 5.74) is 0.933. The Morgan fingerprint density at radius 1 is 1.10 bits per heavy atom. The van der Waals surface area contributed by atoms with E-state index in [-0.39, 0.29) is 24.8 Å². The summed E-state index contributed by atoms with van der Waals surface area (Å²) in [6, 6.07) is 9.14. The van der Waals surface area contributed by atoms with Gasteiger partial charge in [-0.3, -0.25) is 4.79 Å². The van der Waals surface area contributed by atoms with E-state index in [1.54, 1.807) is 24.5 Å². The van der Waals surface area contributed by atoms with Crippen LogP contribution >= 0.6 is 0 Å². The minimum atomic E-state index is -3.45. The molecule has 0 radical (unpaired) electrons. The van der Waals surface area contributed by atoms with Gasteiger partial charge in [0.15, 0.2) is 6.61 Å². The largest absolute Gasteiger partial charge is 0.484 e. The number of aryl methyl sites for hydroxylation is 1. The summed E-state index contributed by atoms with van der Waals surface area (Å²) in [7, 11) is -3.45. The van der Waals surface area contributed by atoms with Crippen molar-refractivity contribution < 1.29 is 17.9 Å². The first kappa shape index (κ1) is 21.0. The van der Waals surface area contributed by atoms with Crippen LogP contribution in [0.4, 0.5) is 5.95 Å². The SMILES string of the molecule is Cc1ccccc1OCC(=O)NCCS(=O)(=O)N1CCN(c2ncccn2)CC1. The number of anilines is 1. The Labute approximate surface area is 170 Å². The van der Waals surface area contributed by atoms with Crippen LogP contribution in [0, 0.1) is 6.92 Å². The van der Waals surface area contributed by atoms with Crippen LogP contribution in [-0.2, 0) is 14.8 Å². The van der Waals surface area contributed by atoms with Gasteiger partial charge in [0.2, 0.25) is 16.0 Å². The van der Waals surface area contributed by atoms with E-state index in [4.69, 9.17) is 4.74 Å². The summed E-state index contributed by atoms with van der Waals surface area (Å²) >= 11 is 0. The fourth-order valence-corrected chi connectivity index (χ4v) is 4.32. The number of carbonyl (C=O) groups is 1. The number of hydrogen-bond acceptors (Lipinski definition) is 7. The molecule has 10 heteroatoms. The average molecular weight is 420 g/mol. The summed E-state index contributed by atoms with van der Waals surface area (Å²) < 4.78 is 32.0. The first-order valence-corrected chi connectivity index (χ1v) is 11.0. The minimum absolute atomic E-state index is 0.0420. The Hall–Kier alpha value is -2.72. The monoisotopic (exact) mass is 419 g/mol. The van der Waals surface area contributed by atoms with Gasteiger partial charge in [-0.15, -0.1) is 0 Å². The van der Waals surface area contributed by atoms with Crippen molar-refractivity contribution in [3.63, 3.8) is 0 Å². The van der Waals surface area contributed by atoms with Gasteiger partial charge in [0.05, 0.1) is 5.75 Å². The molecule has 2 aromatic rings. The molecule has 0 saturated carbocycles. The lowest BCUT2D eigenvalue weighted by molar-refractivity contribution is -0.122. The van der Waals surface area contributed by atoms with Crippen LogP contribution in [0.15, 0.2) is 42.7 Å². The molecular weight excluding hydrogens is 394 g/mol. The van der Waals surface area contributed by atoms with Crippen LogP contribution < -0.4 is 15.0 Å². The zero-order chi connectivity index (χ0) is 20.7. The van der Waals surface area contributed by atoms with Gasteiger partial charge in [0.25, 0.3) is 5.91 Å². The number of sulfonamides is 1. The van der Waals surface area contributed by atoms with E-state index in [2.05, 4.69) is 15.3 Å². The third-order valence-corrected chi connectivity index (χ3v) is 6.47. The van der Waals surface area contributed by atoms with Crippen LogP contribution in [0.25, 0.3) is 0 Å². The Bertz CT molecular complexity index is 915. The molecule has 29 heavy (non-hydrogen) atoms. The molecular formula is C19H25N5O4S. The van der Waals surface area contributed by atoms with Crippen molar-refractivity contribution in [1.82, 2.24) is 19.6 Å². The van der Waals surface area contributed by atoms with Crippen molar-refractivity contribution in [1.29, 1.82) is 0 Å². The second kappa shape index (κ2) is 9.66. The van der Waals surface area contributed by atoms with E-state index in [1.165, 1.54) is 4.31 Å². The van der Waals surface area contributed by atoms with E-state index < -0.39 is 10.0 Å². The lowest BCUT2D eigenvalue weighted by Crippen LogP contribution is -2.50. The molecule has 1 aromatic carbocycles. The Morgan fingerprint density at radius 2 is 1.79 bits per heavy atom. The van der Waals surface area contributed by atoms with Gasteiger partial charge in [-0.05, 0) is 24.6 Å². The van der Waals surface area contributed by atoms with Gasteiger partial charge in [-0.25, -0.2) is 18.4 Å². The number of ether oxygens (including phenoxy) is 1. The van der Waals surface area contributed by atoms with Crippen LogP contribution in [-0.4, -0.2) is 73.7 Å². The first-order chi connectivity index (χ1) is 14.0. The highest BCUT2D eigenvalue weighted by molar-refractivity contribution is 7.89. The fourth-order valence-electron chi connectivity index (χ4n) is 2.98. The maximum atomic E-state index is 12.5. The summed E-state index contributed by atoms with van der Waals surface area (Å²) in [6.07, 6.45) is 3.33. The van der Waals surface area contributed by atoms with Crippen molar-refractivity contribution in [2.24, 2.45) is 0 Å². The van der Waals surface area contributed by atoms with Crippen molar-refractivity contribution in [3.8, 4) is 5.75 Å². The number of rotatable bonds is 8. The smallest absolute Gasteiger partial charge is 0.257 e. The Morgan fingerprint density at radius 3 is 2.48 bits per heavy atom. The number of nitrogens with one attached hydrogen (secondary N) is 1. The molecule has 9 nitrogen and oxygen atoms in total. The second-order valence-corrected chi connectivity index (χ2v) is 8.74. The topological polar surface area (TPSA) is 105 Å². The lowest BCUT2D eigenvalue weighted by atomic mass is 10.2. The zero-order valence-electron chi connectivity index (χ0n) is 16.3. The molecule has 1 aliphatic rings. The summed E-state index contributed by atoms with van der Waals surface area (Å²) in [4.78, 5) is 22.3. The molecule has 1 aromatic heterocycles. The van der Waals surface area contributed by atoms with Crippen molar-refractivity contribution in [2.75, 3.05) is 50.0 Å². The van der Waals surface area contributed by atoms with E-state index in [9.17, 15) is 13.2 Å². The quantitative estimate of drug-likeness (QED) is 0.662. The van der Waals surface area contributed by atoms with E-state index in [1.807, 2.05) is 30.0 Å². The van der Waals surface area contributed by atoms with Gasteiger partial charge < -0.3 is 15.0 Å². The van der Waals surface area contributed by atoms with Crippen LogP contribution in [0.5, 0.6) is 5.75 Å². The standard InChI is InChI=1S/C19H25N5O4S/c1-16-5-2-3-6-17(16)28-15-18(25)20-9-14-29(26,27)24-12-10-23(11-13-24)19-21-7-4-8-22-19/h2-8H,9-15H2,1H3,(H,20,25). The molecule has 0 atom stereocenters. The number of carbonyl (C=O) groups excluding carboxylic acids is 1. The maximum absolute atomic E-state index is 12.5. The number of hydrogen-bond donors (Lipinski definition) is 1. The van der Waals surface area contributed by atoms with Crippen molar-refractivity contribution in [3.05, 3.63) is 48.3 Å². The van der Waals surface area contributed by atoms with Gasteiger partial charge in [0.1, 0.15) is 5.75 Å². The predicted octanol–water partition coefficient (Wildman–Crippen LogP) is 0.432. The first-order valence-electron chi connectivity index (χ1n) is 9.40. The van der Waals surface area contributed by atoms with Gasteiger partial charge in [-0.1, -0.05) is 18.2 Å². The summed E-state index contributed by atoms with van der Waals surface area (Å²) in [6.45, 7) is 3.57. The molecule has 1 amide bonds. The second-order valence-electron chi connectivity index (χ2n) is 6.66.